The average molecular weight is 234 g/mol. The Kier molecular flexibility index (Phi) is 4.41. The molecule has 16 heavy (non-hydrogen) atoms. The van der Waals surface area contributed by atoms with Crippen LogP contribution in [0.15, 0.2) is 4.52 Å². The lowest BCUT2D eigenvalue weighted by Crippen LogP contribution is -2.32. The van der Waals surface area contributed by atoms with Crippen molar-refractivity contribution in [2.45, 2.75) is 12.5 Å². The molecule has 9 heteroatoms. The van der Waals surface area contributed by atoms with Gasteiger partial charge in [0.25, 0.3) is 11.6 Å². The molecule has 1 heterocycles. The fraction of sp³-hybridized carbons (Fsp3) is 0.286. The molecule has 1 unspecified atom stereocenters. The lowest BCUT2D eigenvalue weighted by Gasteiger charge is -2.03. The molecular formula is C7H10N2O7. The van der Waals surface area contributed by atoms with Gasteiger partial charge in [-0.15, -0.1) is 0 Å². The Morgan fingerprint density at radius 2 is 2.00 bits per heavy atom. The van der Waals surface area contributed by atoms with Crippen molar-refractivity contribution in [3.63, 3.8) is 0 Å². The summed E-state index contributed by atoms with van der Waals surface area (Å²) in [7, 11) is 0. The first-order valence-electron chi connectivity index (χ1n) is 3.82. The summed E-state index contributed by atoms with van der Waals surface area (Å²) in [6, 6.07) is -1.33. The molecule has 0 saturated heterocycles. The molecule has 0 aliphatic carbocycles. The summed E-state index contributed by atoms with van der Waals surface area (Å²) < 4.78 is 4.29. The van der Waals surface area contributed by atoms with Gasteiger partial charge in [-0.1, -0.05) is 0 Å². The number of nitrogens with zero attached hydrogens (tertiary/aromatic N) is 1. The lowest BCUT2D eigenvalue weighted by molar-refractivity contribution is -0.138. The van der Waals surface area contributed by atoms with Gasteiger partial charge in [0.1, 0.15) is 6.04 Å². The summed E-state index contributed by atoms with van der Waals surface area (Å²) in [5.74, 6) is -4.03. The summed E-state index contributed by atoms with van der Waals surface area (Å²) in [6.07, 6.45) is -0.369. The van der Waals surface area contributed by atoms with Crippen molar-refractivity contribution in [3.05, 3.63) is 11.3 Å². The molecule has 0 bridgehead atoms. The van der Waals surface area contributed by atoms with Crippen LogP contribution in [-0.2, 0) is 11.2 Å². The topological polar surface area (TPSA) is 178 Å². The number of carboxylic acid groups (broad SMARTS) is 2. The van der Waals surface area contributed by atoms with Gasteiger partial charge in [0, 0.05) is 6.42 Å². The van der Waals surface area contributed by atoms with Crippen LogP contribution in [0, 0.1) is 0 Å². The number of hydrogen-bond acceptors (Lipinski definition) is 6. The zero-order valence-corrected chi connectivity index (χ0v) is 7.88. The Balaban J connectivity index is 0.00000225. The summed E-state index contributed by atoms with van der Waals surface area (Å²) >= 11 is 0. The highest BCUT2D eigenvalue weighted by Crippen LogP contribution is 2.21. The van der Waals surface area contributed by atoms with Crippen LogP contribution in [0.25, 0.3) is 0 Å². The Bertz CT molecular complexity index is 399. The Morgan fingerprint density at radius 1 is 1.44 bits per heavy atom. The van der Waals surface area contributed by atoms with E-state index in [0.29, 0.717) is 0 Å². The van der Waals surface area contributed by atoms with Crippen molar-refractivity contribution in [2.24, 2.45) is 5.73 Å². The largest absolute Gasteiger partial charge is 0.491 e. The molecule has 9 nitrogen and oxygen atoms in total. The maximum absolute atomic E-state index is 10.6. The molecule has 7 N–H and O–H groups in total. The van der Waals surface area contributed by atoms with Crippen molar-refractivity contribution in [3.8, 4) is 5.88 Å². The van der Waals surface area contributed by atoms with Crippen LogP contribution in [0.4, 0.5) is 0 Å². The number of aromatic hydroxyl groups is 1. The fourth-order valence-electron chi connectivity index (χ4n) is 0.960. The minimum atomic E-state index is -1.45. The molecular weight excluding hydrogens is 224 g/mol. The van der Waals surface area contributed by atoms with E-state index in [-0.39, 0.29) is 17.5 Å². The highest BCUT2D eigenvalue weighted by atomic mass is 16.5. The molecule has 1 aromatic heterocycles. The molecule has 0 saturated carbocycles. The van der Waals surface area contributed by atoms with Gasteiger partial charge < -0.3 is 31.1 Å². The summed E-state index contributed by atoms with van der Waals surface area (Å²) in [4.78, 5) is 21.0. The molecule has 0 aliphatic rings. The fourth-order valence-corrected chi connectivity index (χ4v) is 0.960. The van der Waals surface area contributed by atoms with Crippen LogP contribution in [0.5, 0.6) is 5.88 Å². The summed E-state index contributed by atoms with van der Waals surface area (Å²) in [5, 5.41) is 29.2. The zero-order valence-electron chi connectivity index (χ0n) is 7.88. The Morgan fingerprint density at radius 3 is 2.44 bits per heavy atom. The van der Waals surface area contributed by atoms with Crippen molar-refractivity contribution < 1.29 is 34.9 Å². The second-order valence-corrected chi connectivity index (χ2v) is 2.77. The molecule has 0 aromatic carbocycles. The summed E-state index contributed by atoms with van der Waals surface area (Å²) in [6.45, 7) is 0. The molecule has 1 rings (SSSR count). The third kappa shape index (κ3) is 2.68. The summed E-state index contributed by atoms with van der Waals surface area (Å²) in [5.41, 5.74) is 4.95. The van der Waals surface area contributed by atoms with E-state index >= 15 is 0 Å². The molecule has 1 atom stereocenters. The number of aliphatic carboxylic acids is 1. The van der Waals surface area contributed by atoms with E-state index in [9.17, 15) is 9.59 Å². The zero-order chi connectivity index (χ0) is 11.6. The molecule has 0 amide bonds. The van der Waals surface area contributed by atoms with Gasteiger partial charge in [-0.25, -0.2) is 4.79 Å². The van der Waals surface area contributed by atoms with Crippen LogP contribution in [-0.4, -0.2) is 43.9 Å². The maximum atomic E-state index is 10.6. The van der Waals surface area contributed by atoms with E-state index in [0.717, 1.165) is 0 Å². The maximum Gasteiger partial charge on any atom is 0.375 e. The van der Waals surface area contributed by atoms with E-state index in [2.05, 4.69) is 9.68 Å². The SMILES string of the molecule is NC(Cc1c(O)noc1C(=O)O)C(=O)O.O. The minimum absolute atomic E-state index is 0. The number of carboxylic acids is 2. The van der Waals surface area contributed by atoms with Gasteiger partial charge in [-0.2, -0.15) is 0 Å². The number of rotatable bonds is 4. The molecule has 0 fully saturated rings. The third-order valence-corrected chi connectivity index (χ3v) is 1.70. The van der Waals surface area contributed by atoms with Crippen molar-refractivity contribution in [1.82, 2.24) is 5.16 Å². The van der Waals surface area contributed by atoms with E-state index in [4.69, 9.17) is 21.1 Å². The molecule has 0 aliphatic heterocycles. The van der Waals surface area contributed by atoms with E-state index in [1.54, 1.807) is 0 Å². The first kappa shape index (κ1) is 13.9. The normalized spacial score (nSPS) is 11.6. The first-order valence-corrected chi connectivity index (χ1v) is 3.82. The van der Waals surface area contributed by atoms with Crippen molar-refractivity contribution in [2.75, 3.05) is 0 Å². The van der Waals surface area contributed by atoms with Crippen LogP contribution in [0.3, 0.4) is 0 Å². The quantitative estimate of drug-likeness (QED) is 0.471. The van der Waals surface area contributed by atoms with Gasteiger partial charge in [0.15, 0.2) is 0 Å². The van der Waals surface area contributed by atoms with Crippen molar-refractivity contribution >= 4 is 11.9 Å². The van der Waals surface area contributed by atoms with Crippen molar-refractivity contribution in [1.29, 1.82) is 0 Å². The molecule has 0 spiro atoms. The van der Waals surface area contributed by atoms with Gasteiger partial charge >= 0.3 is 11.9 Å². The van der Waals surface area contributed by atoms with E-state index in [1.807, 2.05) is 0 Å². The average Bonchev–Trinajstić information content (AvgIpc) is 2.48. The Labute approximate surface area is 88.4 Å². The van der Waals surface area contributed by atoms with Gasteiger partial charge in [0.2, 0.25) is 0 Å². The number of nitrogens with two attached hydrogens (primary N) is 1. The molecule has 1 aromatic rings. The highest BCUT2D eigenvalue weighted by molar-refractivity contribution is 5.87. The second-order valence-electron chi connectivity index (χ2n) is 2.77. The standard InChI is InChI=1S/C7H8N2O6.H2O/c8-3(6(11)12)1-2-4(7(13)14)15-9-5(2)10;/h3H,1,8H2,(H,9,10)(H,11,12)(H,13,14);1H2. The minimum Gasteiger partial charge on any atom is -0.491 e. The number of hydrogen-bond donors (Lipinski definition) is 4. The van der Waals surface area contributed by atoms with Gasteiger partial charge in [0.05, 0.1) is 5.56 Å². The molecule has 0 radical (unpaired) electrons. The first-order chi connectivity index (χ1) is 6.93. The van der Waals surface area contributed by atoms with Crippen LogP contribution in [0.1, 0.15) is 16.1 Å². The highest BCUT2D eigenvalue weighted by Gasteiger charge is 2.25. The van der Waals surface area contributed by atoms with Gasteiger partial charge in [-0.3, -0.25) is 4.79 Å². The number of carbonyl (C=O) groups is 2. The monoisotopic (exact) mass is 234 g/mol. The van der Waals surface area contributed by atoms with Crippen LogP contribution in [0.2, 0.25) is 0 Å². The van der Waals surface area contributed by atoms with E-state index < -0.39 is 29.6 Å². The number of aromatic carboxylic acids is 1. The second kappa shape index (κ2) is 5.09. The van der Waals surface area contributed by atoms with Crippen LogP contribution < -0.4 is 5.73 Å². The van der Waals surface area contributed by atoms with E-state index in [1.165, 1.54) is 0 Å². The lowest BCUT2D eigenvalue weighted by atomic mass is 10.1. The van der Waals surface area contributed by atoms with Crippen LogP contribution >= 0.6 is 0 Å². The smallest absolute Gasteiger partial charge is 0.375 e. The molecule has 90 valence electrons. The Hall–Kier alpha value is -2.13. The predicted octanol–water partition coefficient (Wildman–Crippen LogP) is -1.79. The number of aromatic nitrogens is 1. The third-order valence-electron chi connectivity index (χ3n) is 1.70. The predicted molar refractivity (Wildman–Crippen MR) is 48.1 cm³/mol. The van der Waals surface area contributed by atoms with Gasteiger partial charge in [-0.05, 0) is 5.16 Å².